The predicted octanol–water partition coefficient (Wildman–Crippen LogP) is 3.55. The summed E-state index contributed by atoms with van der Waals surface area (Å²) in [5.74, 6) is -1.37. The molecule has 24 heavy (non-hydrogen) atoms. The minimum atomic E-state index is -0.982. The molecule has 0 bridgehead atoms. The van der Waals surface area contributed by atoms with Crippen molar-refractivity contribution < 1.29 is 24.5 Å². The molecule has 0 amide bonds. The zero-order chi connectivity index (χ0) is 18.6. The molecule has 0 aliphatic heterocycles. The van der Waals surface area contributed by atoms with Crippen LogP contribution < -0.4 is 5.11 Å². The Morgan fingerprint density at radius 2 is 1.54 bits per heavy atom. The SMILES string of the molecule is CCOOC(=O)C(CC)CCCCCCCC(=O)[O-].C[CH2][Sn+][CH2]C. The van der Waals surface area contributed by atoms with Crippen molar-refractivity contribution in [3.8, 4) is 0 Å². The van der Waals surface area contributed by atoms with Crippen LogP contribution in [0.5, 0.6) is 0 Å². The molecule has 5 nitrogen and oxygen atoms in total. The molecule has 0 aromatic rings. The molecule has 0 aliphatic rings. The summed E-state index contributed by atoms with van der Waals surface area (Å²) in [7, 11) is 0. The van der Waals surface area contributed by atoms with Gasteiger partial charge in [0.2, 0.25) is 0 Å². The van der Waals surface area contributed by atoms with Crippen molar-refractivity contribution in [3.63, 3.8) is 0 Å². The molecule has 1 atom stereocenters. The molecule has 0 rings (SSSR count). The summed E-state index contributed by atoms with van der Waals surface area (Å²) in [6.45, 7) is 8.66. The van der Waals surface area contributed by atoms with Crippen molar-refractivity contribution >= 4 is 33.1 Å². The van der Waals surface area contributed by atoms with Crippen LogP contribution in [0, 0.1) is 5.92 Å². The Morgan fingerprint density at radius 1 is 0.958 bits per heavy atom. The summed E-state index contributed by atoms with van der Waals surface area (Å²) in [5.41, 5.74) is 0. The van der Waals surface area contributed by atoms with Crippen LogP contribution in [0.4, 0.5) is 0 Å². The van der Waals surface area contributed by atoms with Crippen LogP contribution in [0.3, 0.4) is 0 Å². The van der Waals surface area contributed by atoms with Gasteiger partial charge in [-0.1, -0.05) is 32.6 Å². The molecule has 0 saturated carbocycles. The molecule has 0 heterocycles. The van der Waals surface area contributed by atoms with Gasteiger partial charge in [0.15, 0.2) is 0 Å². The summed E-state index contributed by atoms with van der Waals surface area (Å²) in [4.78, 5) is 31.1. The average molecular weight is 450 g/mol. The number of carboxylic acid groups (broad SMARTS) is 1. The summed E-state index contributed by atoms with van der Waals surface area (Å²) in [6.07, 6.45) is 6.19. The van der Waals surface area contributed by atoms with Gasteiger partial charge in [0.25, 0.3) is 0 Å². The Hall–Kier alpha value is -0.301. The first-order chi connectivity index (χ1) is 11.5. The van der Waals surface area contributed by atoms with Gasteiger partial charge in [-0.25, -0.2) is 4.79 Å². The number of unbranched alkanes of at least 4 members (excludes halogenated alkanes) is 4. The summed E-state index contributed by atoms with van der Waals surface area (Å²) < 4.78 is 3.03. The molecule has 1 radical (unpaired) electrons. The number of hydrogen-bond acceptors (Lipinski definition) is 5. The fraction of sp³-hybridized carbons (Fsp3) is 0.889. The van der Waals surface area contributed by atoms with Gasteiger partial charge >= 0.3 is 49.8 Å². The van der Waals surface area contributed by atoms with E-state index < -0.39 is 5.97 Å². The first kappa shape index (κ1) is 25.9. The van der Waals surface area contributed by atoms with E-state index in [0.29, 0.717) is 13.0 Å². The van der Waals surface area contributed by atoms with Crippen LogP contribution in [-0.2, 0) is 19.4 Å². The van der Waals surface area contributed by atoms with Crippen LogP contribution in [0.15, 0.2) is 0 Å². The Labute approximate surface area is 158 Å². The molecule has 0 N–H and O–H groups in total. The molecule has 0 aromatic carbocycles. The van der Waals surface area contributed by atoms with E-state index in [1.54, 1.807) is 6.92 Å². The van der Waals surface area contributed by atoms with Crippen LogP contribution in [0.25, 0.3) is 0 Å². The quantitative estimate of drug-likeness (QED) is 0.175. The van der Waals surface area contributed by atoms with E-state index in [2.05, 4.69) is 23.6 Å². The van der Waals surface area contributed by atoms with E-state index in [-0.39, 0.29) is 39.5 Å². The predicted molar refractivity (Wildman–Crippen MR) is 95.5 cm³/mol. The van der Waals surface area contributed by atoms with Crippen molar-refractivity contribution in [2.75, 3.05) is 6.61 Å². The second-order valence-corrected chi connectivity index (χ2v) is 11.0. The number of carboxylic acids is 1. The molecular weight excluding hydrogens is 415 g/mol. The van der Waals surface area contributed by atoms with Crippen LogP contribution in [0.1, 0.15) is 79.1 Å². The average Bonchev–Trinajstić information content (AvgIpc) is 2.56. The maximum absolute atomic E-state index is 11.6. The summed E-state index contributed by atoms with van der Waals surface area (Å²) >= 11 is 0.218. The van der Waals surface area contributed by atoms with Crippen molar-refractivity contribution in [1.29, 1.82) is 0 Å². The molecule has 0 saturated heterocycles. The number of hydrogen-bond donors (Lipinski definition) is 0. The van der Waals surface area contributed by atoms with Gasteiger partial charge in [0.1, 0.15) is 0 Å². The monoisotopic (exact) mass is 451 g/mol. The van der Waals surface area contributed by atoms with Crippen molar-refractivity contribution in [1.82, 2.24) is 0 Å². The van der Waals surface area contributed by atoms with Crippen LogP contribution in [0.2, 0.25) is 8.87 Å². The van der Waals surface area contributed by atoms with E-state index >= 15 is 0 Å². The van der Waals surface area contributed by atoms with Gasteiger partial charge in [0, 0.05) is 5.97 Å². The van der Waals surface area contributed by atoms with E-state index in [1.807, 2.05) is 6.92 Å². The standard InChI is InChI=1S/C14H26O5.2C2H5.Sn/c1-3-12(14(17)19-18-4-2)10-8-6-5-7-9-11-13(15)16;2*1-2;/h12H,3-11H2,1-2H3,(H,15,16);2*1H2,2H3;/q;;;+1/p-1. The van der Waals surface area contributed by atoms with Crippen LogP contribution >= 0.6 is 0 Å². The Kier molecular flexibility index (Phi) is 22.4. The number of carbonyl (C=O) groups excluding carboxylic acids is 2. The van der Waals surface area contributed by atoms with Crippen molar-refractivity contribution in [3.05, 3.63) is 0 Å². The minimum absolute atomic E-state index is 0.102. The van der Waals surface area contributed by atoms with E-state index in [0.717, 1.165) is 38.5 Å². The second-order valence-electron chi connectivity index (χ2n) is 5.55. The number of carbonyl (C=O) groups is 2. The maximum atomic E-state index is 11.6. The fourth-order valence-corrected chi connectivity index (χ4v) is 3.54. The van der Waals surface area contributed by atoms with E-state index in [4.69, 9.17) is 0 Å². The van der Waals surface area contributed by atoms with E-state index in [1.165, 1.54) is 8.87 Å². The molecule has 0 fully saturated rings. The third-order valence-electron chi connectivity index (χ3n) is 3.52. The number of aliphatic carboxylic acids is 1. The van der Waals surface area contributed by atoms with E-state index in [9.17, 15) is 14.7 Å². The second kappa shape index (κ2) is 20.7. The van der Waals surface area contributed by atoms with Gasteiger partial charge in [-0.2, -0.15) is 4.89 Å². The van der Waals surface area contributed by atoms with Gasteiger partial charge in [0.05, 0.1) is 12.5 Å². The van der Waals surface area contributed by atoms with Crippen molar-refractivity contribution in [2.24, 2.45) is 5.92 Å². The first-order valence-corrected chi connectivity index (χ1v) is 13.3. The molecule has 141 valence electrons. The Bertz CT molecular complexity index is 295. The first-order valence-electron chi connectivity index (χ1n) is 9.27. The molecule has 0 aliphatic carbocycles. The summed E-state index contributed by atoms with van der Waals surface area (Å²) in [5, 5.41) is 10.2. The Morgan fingerprint density at radius 3 is 2.00 bits per heavy atom. The summed E-state index contributed by atoms with van der Waals surface area (Å²) in [6, 6.07) is 0. The van der Waals surface area contributed by atoms with Gasteiger partial charge in [-0.05, 0) is 32.6 Å². The third-order valence-corrected chi connectivity index (χ3v) is 6.37. The molecule has 0 spiro atoms. The zero-order valence-electron chi connectivity index (χ0n) is 15.9. The topological polar surface area (TPSA) is 75.7 Å². The van der Waals surface area contributed by atoms with Crippen LogP contribution in [-0.4, -0.2) is 39.7 Å². The third kappa shape index (κ3) is 19.7. The van der Waals surface area contributed by atoms with Gasteiger partial charge in [-0.15, -0.1) is 0 Å². The number of rotatable bonds is 14. The van der Waals surface area contributed by atoms with Gasteiger partial charge < -0.3 is 9.90 Å². The molecule has 0 aromatic heterocycles. The molecule has 6 heteroatoms. The normalized spacial score (nSPS) is 11.2. The fourth-order valence-electron chi connectivity index (χ4n) is 2.11. The molecular formula is C18H35O5Sn. The van der Waals surface area contributed by atoms with Crippen molar-refractivity contribution in [2.45, 2.75) is 87.9 Å². The zero-order valence-corrected chi connectivity index (χ0v) is 18.8. The van der Waals surface area contributed by atoms with Gasteiger partial charge in [-0.3, -0.25) is 4.89 Å². The Balaban J connectivity index is 0. The molecule has 1 unspecified atom stereocenters.